The molecule has 0 spiro atoms. The van der Waals surface area contributed by atoms with Crippen molar-refractivity contribution in [3.8, 4) is 11.8 Å². The monoisotopic (exact) mass is 420 g/mol. The van der Waals surface area contributed by atoms with Crippen LogP contribution in [-0.4, -0.2) is 0 Å². The van der Waals surface area contributed by atoms with E-state index in [2.05, 4.69) is 78.4 Å². The highest BCUT2D eigenvalue weighted by Gasteiger charge is 2.18. The van der Waals surface area contributed by atoms with Gasteiger partial charge in [-0.15, -0.1) is 0 Å². The lowest BCUT2D eigenvalue weighted by Gasteiger charge is -2.24. The van der Waals surface area contributed by atoms with Crippen LogP contribution in [0, 0.1) is 17.8 Å². The molecule has 2 nitrogen and oxygen atoms in total. The van der Waals surface area contributed by atoms with Crippen LogP contribution in [0.2, 0.25) is 0 Å². The zero-order valence-electron chi connectivity index (χ0n) is 19.3. The normalized spacial score (nSPS) is 15.2. The van der Waals surface area contributed by atoms with E-state index in [1.807, 2.05) is 24.3 Å². The molecule has 1 aliphatic rings. The predicted molar refractivity (Wildman–Crippen MR) is 134 cm³/mol. The fourth-order valence-corrected chi connectivity index (χ4v) is 4.45. The Morgan fingerprint density at radius 2 is 1.41 bits per heavy atom. The van der Waals surface area contributed by atoms with Crippen LogP contribution >= 0.6 is 0 Å². The first-order valence-corrected chi connectivity index (χ1v) is 12.0. The molecule has 1 aliphatic carbocycles. The molecule has 0 fully saturated rings. The Kier molecular flexibility index (Phi) is 7.51. The summed E-state index contributed by atoms with van der Waals surface area (Å²) in [6.07, 6.45) is 8.58. The van der Waals surface area contributed by atoms with E-state index >= 15 is 0 Å². The first kappa shape index (κ1) is 22.0. The third-order valence-electron chi connectivity index (χ3n) is 6.21. The Morgan fingerprint density at radius 1 is 0.750 bits per heavy atom. The Bertz CT molecular complexity index is 1110. The molecule has 3 aromatic carbocycles. The molecule has 0 N–H and O–H groups in total. The summed E-state index contributed by atoms with van der Waals surface area (Å²) in [4.78, 5) is 0. The summed E-state index contributed by atoms with van der Waals surface area (Å²) in [7, 11) is 0. The number of fused-ring (bicyclic) bond motifs is 1. The lowest BCUT2D eigenvalue weighted by atomic mass is 9.81. The third-order valence-corrected chi connectivity index (χ3v) is 6.21. The first-order chi connectivity index (χ1) is 15.7. The molecule has 2 heteroatoms. The van der Waals surface area contributed by atoms with E-state index in [0.29, 0.717) is 0 Å². The topological polar surface area (TPSA) is 24.7 Å². The molecule has 32 heavy (non-hydrogen) atoms. The second kappa shape index (κ2) is 10.9. The molecule has 0 radical (unpaired) electrons. The van der Waals surface area contributed by atoms with Crippen molar-refractivity contribution in [2.45, 2.75) is 58.8 Å². The van der Waals surface area contributed by atoms with Gasteiger partial charge in [0.1, 0.15) is 0 Å². The van der Waals surface area contributed by atoms with Crippen molar-refractivity contribution in [2.24, 2.45) is 16.1 Å². The highest BCUT2D eigenvalue weighted by molar-refractivity contribution is 5.49. The summed E-state index contributed by atoms with van der Waals surface area (Å²) in [6.45, 7) is 4.48. The van der Waals surface area contributed by atoms with Crippen molar-refractivity contribution in [3.05, 3.63) is 94.5 Å². The van der Waals surface area contributed by atoms with Crippen molar-refractivity contribution < 1.29 is 0 Å². The molecule has 0 heterocycles. The molecular weight excluding hydrogens is 388 g/mol. The largest absolute Gasteiger partial charge is 0.151 e. The van der Waals surface area contributed by atoms with E-state index in [0.717, 1.165) is 41.3 Å². The van der Waals surface area contributed by atoms with E-state index in [1.54, 1.807) is 0 Å². The number of rotatable bonds is 6. The average Bonchev–Trinajstić information content (AvgIpc) is 2.83. The molecule has 0 saturated heterocycles. The van der Waals surface area contributed by atoms with E-state index < -0.39 is 0 Å². The predicted octanol–water partition coefficient (Wildman–Crippen LogP) is 8.36. The van der Waals surface area contributed by atoms with Crippen LogP contribution in [0.1, 0.15) is 67.3 Å². The number of hydrogen-bond donors (Lipinski definition) is 0. The maximum atomic E-state index is 4.48. The molecule has 0 aliphatic heterocycles. The molecule has 3 aromatic rings. The summed E-state index contributed by atoms with van der Waals surface area (Å²) in [5.41, 5.74) is 8.12. The Labute approximate surface area is 192 Å². The van der Waals surface area contributed by atoms with Gasteiger partial charge in [0.15, 0.2) is 0 Å². The van der Waals surface area contributed by atoms with E-state index in [-0.39, 0.29) is 0 Å². The standard InChI is InChI=1S/C30H32N2/c1-3-5-23-7-9-24(10-8-23)11-12-25-14-18-29(19-15-25)31-32-30-20-17-27-21-26(6-4-2)13-16-28(27)22-30/h7-10,14-15,17-20,22,26H,3-6,13,16,21H2,1-2H3. The van der Waals surface area contributed by atoms with Gasteiger partial charge in [0.25, 0.3) is 0 Å². The maximum absolute atomic E-state index is 4.48. The van der Waals surface area contributed by atoms with Gasteiger partial charge in [-0.2, -0.15) is 10.2 Å². The van der Waals surface area contributed by atoms with Gasteiger partial charge in [-0.05, 0) is 96.8 Å². The Hall–Kier alpha value is -3.18. The van der Waals surface area contributed by atoms with Gasteiger partial charge < -0.3 is 0 Å². The number of azo groups is 1. The van der Waals surface area contributed by atoms with Gasteiger partial charge in [0.05, 0.1) is 11.4 Å². The lowest BCUT2D eigenvalue weighted by molar-refractivity contribution is 0.423. The zero-order valence-corrected chi connectivity index (χ0v) is 19.3. The van der Waals surface area contributed by atoms with Crippen LogP contribution < -0.4 is 0 Å². The van der Waals surface area contributed by atoms with Gasteiger partial charge in [0, 0.05) is 11.1 Å². The van der Waals surface area contributed by atoms with Gasteiger partial charge in [-0.25, -0.2) is 0 Å². The fourth-order valence-electron chi connectivity index (χ4n) is 4.45. The van der Waals surface area contributed by atoms with Crippen molar-refractivity contribution in [2.75, 3.05) is 0 Å². The van der Waals surface area contributed by atoms with Crippen molar-refractivity contribution in [3.63, 3.8) is 0 Å². The summed E-state index contributed by atoms with van der Waals surface area (Å²) in [6, 6.07) is 23.1. The van der Waals surface area contributed by atoms with Crippen LogP contribution in [-0.2, 0) is 19.3 Å². The molecule has 162 valence electrons. The van der Waals surface area contributed by atoms with Gasteiger partial charge in [-0.1, -0.05) is 63.1 Å². The summed E-state index contributed by atoms with van der Waals surface area (Å²) >= 11 is 0. The highest BCUT2D eigenvalue weighted by Crippen LogP contribution is 2.31. The maximum Gasteiger partial charge on any atom is 0.0860 e. The molecule has 0 aromatic heterocycles. The molecule has 4 rings (SSSR count). The second-order valence-electron chi connectivity index (χ2n) is 8.79. The van der Waals surface area contributed by atoms with Crippen molar-refractivity contribution in [1.82, 2.24) is 0 Å². The molecule has 0 amide bonds. The number of nitrogens with zero attached hydrogens (tertiary/aromatic N) is 2. The summed E-state index contributed by atoms with van der Waals surface area (Å²) < 4.78 is 0. The van der Waals surface area contributed by atoms with Crippen LogP contribution in [0.4, 0.5) is 11.4 Å². The fraction of sp³-hybridized carbons (Fsp3) is 0.333. The summed E-state index contributed by atoms with van der Waals surface area (Å²) in [5, 5.41) is 8.91. The number of hydrogen-bond acceptors (Lipinski definition) is 2. The number of aryl methyl sites for hydroxylation is 2. The lowest BCUT2D eigenvalue weighted by Crippen LogP contribution is -2.13. The van der Waals surface area contributed by atoms with Crippen molar-refractivity contribution in [1.29, 1.82) is 0 Å². The highest BCUT2D eigenvalue weighted by atomic mass is 15.1. The van der Waals surface area contributed by atoms with Gasteiger partial charge in [0.2, 0.25) is 0 Å². The van der Waals surface area contributed by atoms with E-state index in [9.17, 15) is 0 Å². The third kappa shape index (κ3) is 5.95. The smallest absolute Gasteiger partial charge is 0.0860 e. The second-order valence-corrected chi connectivity index (χ2v) is 8.79. The van der Waals surface area contributed by atoms with Crippen LogP contribution in [0.5, 0.6) is 0 Å². The zero-order chi connectivity index (χ0) is 22.2. The van der Waals surface area contributed by atoms with Crippen LogP contribution in [0.3, 0.4) is 0 Å². The van der Waals surface area contributed by atoms with Crippen molar-refractivity contribution >= 4 is 11.4 Å². The Morgan fingerprint density at radius 3 is 2.09 bits per heavy atom. The quantitative estimate of drug-likeness (QED) is 0.283. The minimum absolute atomic E-state index is 0.847. The van der Waals surface area contributed by atoms with Crippen LogP contribution in [0.25, 0.3) is 0 Å². The Balaban J connectivity index is 1.38. The minimum atomic E-state index is 0.847. The summed E-state index contributed by atoms with van der Waals surface area (Å²) in [5.74, 6) is 7.33. The molecular formula is C30H32N2. The van der Waals surface area contributed by atoms with Gasteiger partial charge >= 0.3 is 0 Å². The van der Waals surface area contributed by atoms with E-state index in [1.165, 1.54) is 48.8 Å². The van der Waals surface area contributed by atoms with Crippen LogP contribution in [0.15, 0.2) is 77.0 Å². The average molecular weight is 421 g/mol. The van der Waals surface area contributed by atoms with Gasteiger partial charge in [-0.3, -0.25) is 0 Å². The molecule has 0 bridgehead atoms. The SMILES string of the molecule is CCCc1ccc(C#Cc2ccc(N=Nc3ccc4c(c3)CCC(CCC)C4)cc2)cc1. The minimum Gasteiger partial charge on any atom is -0.151 e. The molecule has 1 atom stereocenters. The molecule has 1 unspecified atom stereocenters. The number of benzene rings is 3. The van der Waals surface area contributed by atoms with E-state index in [4.69, 9.17) is 0 Å². The first-order valence-electron chi connectivity index (χ1n) is 12.0. The molecule has 0 saturated carbocycles.